The van der Waals surface area contributed by atoms with Gasteiger partial charge >= 0.3 is 0 Å². The summed E-state index contributed by atoms with van der Waals surface area (Å²) >= 11 is 0. The van der Waals surface area contributed by atoms with Crippen LogP contribution in [-0.2, 0) is 10.0 Å². The Hall–Kier alpha value is -1.83. The molecule has 1 saturated carbocycles. The highest BCUT2D eigenvalue weighted by atomic mass is 32.2. The first-order valence-electron chi connectivity index (χ1n) is 8.58. The van der Waals surface area contributed by atoms with Gasteiger partial charge in [0, 0.05) is 24.3 Å². The number of sulfonamides is 1. The number of benzene rings is 2. The molecule has 0 radical (unpaired) electrons. The van der Waals surface area contributed by atoms with Crippen LogP contribution in [-0.4, -0.2) is 26.2 Å². The average Bonchev–Trinajstić information content (AvgIpc) is 2.62. The first kappa shape index (κ1) is 18.9. The minimum atomic E-state index is -3.67. The van der Waals surface area contributed by atoms with Crippen molar-refractivity contribution in [2.45, 2.75) is 36.6 Å². The Morgan fingerprint density at radius 1 is 1.00 bits per heavy atom. The van der Waals surface area contributed by atoms with Gasteiger partial charge in [-0.1, -0.05) is 12.1 Å². The normalized spacial score (nSPS) is 20.9. The Bertz CT molecular complexity index is 861. The third kappa shape index (κ3) is 4.28. The number of rotatable bonds is 5. The van der Waals surface area contributed by atoms with Gasteiger partial charge in [0.1, 0.15) is 11.6 Å². The Kier molecular flexibility index (Phi) is 5.70. The highest BCUT2D eigenvalue weighted by molar-refractivity contribution is 7.89. The van der Waals surface area contributed by atoms with Gasteiger partial charge in [-0.25, -0.2) is 21.9 Å². The Morgan fingerprint density at radius 2 is 1.65 bits per heavy atom. The van der Waals surface area contributed by atoms with Gasteiger partial charge < -0.3 is 5.11 Å². The van der Waals surface area contributed by atoms with Crippen LogP contribution in [0.25, 0.3) is 11.1 Å². The van der Waals surface area contributed by atoms with E-state index < -0.39 is 21.7 Å². The molecule has 4 nitrogen and oxygen atoms in total. The van der Waals surface area contributed by atoms with Crippen LogP contribution in [0.15, 0.2) is 47.4 Å². The fourth-order valence-corrected chi connectivity index (χ4v) is 4.59. The van der Waals surface area contributed by atoms with E-state index in [0.717, 1.165) is 25.0 Å². The highest BCUT2D eigenvalue weighted by Gasteiger charge is 2.25. The molecule has 0 saturated heterocycles. The molecule has 0 bridgehead atoms. The molecule has 3 rings (SSSR count). The molecule has 0 aromatic heterocycles. The van der Waals surface area contributed by atoms with Crippen molar-refractivity contribution in [2.24, 2.45) is 5.92 Å². The minimum Gasteiger partial charge on any atom is -0.396 e. The second-order valence-corrected chi connectivity index (χ2v) is 8.38. The van der Waals surface area contributed by atoms with E-state index in [-0.39, 0.29) is 29.0 Å². The quantitative estimate of drug-likeness (QED) is 0.834. The van der Waals surface area contributed by atoms with E-state index in [9.17, 15) is 17.2 Å². The SMILES string of the molecule is O=S(=O)(N[C@H]1CC[C@H](CO)CC1)c1ccc(-c2ccc(F)cc2F)cc1. The summed E-state index contributed by atoms with van der Waals surface area (Å²) < 4.78 is 54.6. The molecule has 0 aliphatic heterocycles. The Morgan fingerprint density at radius 3 is 2.23 bits per heavy atom. The third-order valence-corrected chi connectivity index (χ3v) is 6.37. The molecule has 1 aliphatic carbocycles. The monoisotopic (exact) mass is 381 g/mol. The van der Waals surface area contributed by atoms with Crippen molar-refractivity contribution in [1.29, 1.82) is 0 Å². The Balaban J connectivity index is 1.73. The van der Waals surface area contributed by atoms with Crippen LogP contribution in [0.4, 0.5) is 8.78 Å². The molecule has 2 N–H and O–H groups in total. The van der Waals surface area contributed by atoms with Gasteiger partial charge in [-0.15, -0.1) is 0 Å². The lowest BCUT2D eigenvalue weighted by molar-refractivity contribution is 0.180. The first-order chi connectivity index (χ1) is 12.4. The van der Waals surface area contributed by atoms with Crippen LogP contribution in [0.5, 0.6) is 0 Å². The first-order valence-corrected chi connectivity index (χ1v) is 10.1. The molecule has 0 atom stereocenters. The fraction of sp³-hybridized carbons (Fsp3) is 0.368. The maximum absolute atomic E-state index is 13.9. The van der Waals surface area contributed by atoms with E-state index in [1.807, 2.05) is 0 Å². The van der Waals surface area contributed by atoms with Crippen LogP contribution < -0.4 is 4.72 Å². The lowest BCUT2D eigenvalue weighted by atomic mass is 9.87. The summed E-state index contributed by atoms with van der Waals surface area (Å²) in [7, 11) is -3.67. The molecule has 0 heterocycles. The van der Waals surface area contributed by atoms with Crippen LogP contribution in [0.2, 0.25) is 0 Å². The number of hydrogen-bond acceptors (Lipinski definition) is 3. The maximum atomic E-state index is 13.9. The summed E-state index contributed by atoms with van der Waals surface area (Å²) in [6, 6.07) is 8.99. The summed E-state index contributed by atoms with van der Waals surface area (Å²) in [5, 5.41) is 9.16. The van der Waals surface area contributed by atoms with Gasteiger partial charge in [-0.3, -0.25) is 0 Å². The standard InChI is InChI=1S/C19H21F2NO3S/c20-15-5-10-18(19(21)11-15)14-3-8-17(9-4-14)26(24,25)22-16-6-1-13(12-23)2-7-16/h3-5,8-11,13,16,22-23H,1-2,6-7,12H2/t13-,16-. The molecular weight excluding hydrogens is 360 g/mol. The average molecular weight is 381 g/mol. The smallest absolute Gasteiger partial charge is 0.240 e. The zero-order valence-corrected chi connectivity index (χ0v) is 15.0. The van der Waals surface area contributed by atoms with Crippen molar-refractivity contribution in [3.63, 3.8) is 0 Å². The molecule has 1 fully saturated rings. The maximum Gasteiger partial charge on any atom is 0.240 e. The molecule has 2 aromatic carbocycles. The van der Waals surface area contributed by atoms with Crippen molar-refractivity contribution >= 4 is 10.0 Å². The summed E-state index contributed by atoms with van der Waals surface area (Å²) in [6.45, 7) is 0.140. The molecule has 2 aromatic rings. The molecule has 7 heteroatoms. The molecular formula is C19H21F2NO3S. The lowest BCUT2D eigenvalue weighted by Gasteiger charge is -2.27. The van der Waals surface area contributed by atoms with E-state index in [1.165, 1.54) is 30.3 Å². The van der Waals surface area contributed by atoms with E-state index in [2.05, 4.69) is 4.72 Å². The van der Waals surface area contributed by atoms with Crippen molar-refractivity contribution in [3.8, 4) is 11.1 Å². The van der Waals surface area contributed by atoms with Gasteiger partial charge in [0.05, 0.1) is 4.90 Å². The van der Waals surface area contributed by atoms with Crippen LogP contribution in [0.3, 0.4) is 0 Å². The third-order valence-electron chi connectivity index (χ3n) is 4.83. The van der Waals surface area contributed by atoms with Crippen molar-refractivity contribution in [3.05, 3.63) is 54.1 Å². The predicted molar refractivity (Wildman–Crippen MR) is 94.9 cm³/mol. The number of hydrogen-bond donors (Lipinski definition) is 2. The lowest BCUT2D eigenvalue weighted by Crippen LogP contribution is -2.38. The molecule has 1 aliphatic rings. The molecule has 0 spiro atoms. The number of halogens is 2. The van der Waals surface area contributed by atoms with Crippen molar-refractivity contribution in [2.75, 3.05) is 6.61 Å². The largest absolute Gasteiger partial charge is 0.396 e. The van der Waals surface area contributed by atoms with Crippen molar-refractivity contribution in [1.82, 2.24) is 4.72 Å². The van der Waals surface area contributed by atoms with Crippen molar-refractivity contribution < 1.29 is 22.3 Å². The Labute approximate surface area is 151 Å². The van der Waals surface area contributed by atoms with Gasteiger partial charge in [-0.2, -0.15) is 0 Å². The van der Waals surface area contributed by atoms with E-state index in [1.54, 1.807) is 0 Å². The zero-order valence-electron chi connectivity index (χ0n) is 14.2. The van der Waals surface area contributed by atoms with Gasteiger partial charge in [-0.05, 0) is 61.4 Å². The van der Waals surface area contributed by atoms with E-state index in [4.69, 9.17) is 5.11 Å². The number of nitrogens with one attached hydrogen (secondary N) is 1. The van der Waals surface area contributed by atoms with Crippen LogP contribution in [0.1, 0.15) is 25.7 Å². The van der Waals surface area contributed by atoms with Gasteiger partial charge in [0.2, 0.25) is 10.0 Å². The van der Waals surface area contributed by atoms with E-state index in [0.29, 0.717) is 18.4 Å². The zero-order chi connectivity index (χ0) is 18.7. The minimum absolute atomic E-state index is 0.105. The summed E-state index contributed by atoms with van der Waals surface area (Å²) in [5.41, 5.74) is 0.690. The highest BCUT2D eigenvalue weighted by Crippen LogP contribution is 2.27. The fourth-order valence-electron chi connectivity index (χ4n) is 3.29. The van der Waals surface area contributed by atoms with Gasteiger partial charge in [0.15, 0.2) is 0 Å². The molecule has 26 heavy (non-hydrogen) atoms. The summed E-state index contributed by atoms with van der Waals surface area (Å²) in [4.78, 5) is 0.105. The van der Waals surface area contributed by atoms with Crippen LogP contribution in [0, 0.1) is 17.6 Å². The molecule has 0 unspecified atom stereocenters. The molecule has 0 amide bonds. The summed E-state index contributed by atoms with van der Waals surface area (Å²) in [5.74, 6) is -1.11. The van der Waals surface area contributed by atoms with Crippen LogP contribution >= 0.6 is 0 Å². The van der Waals surface area contributed by atoms with Gasteiger partial charge in [0.25, 0.3) is 0 Å². The molecule has 140 valence electrons. The predicted octanol–water partition coefficient (Wildman–Crippen LogP) is 3.46. The number of aliphatic hydroxyl groups excluding tert-OH is 1. The topological polar surface area (TPSA) is 66.4 Å². The van der Waals surface area contributed by atoms with E-state index >= 15 is 0 Å². The second-order valence-electron chi connectivity index (χ2n) is 6.67. The second kappa shape index (κ2) is 7.82. The summed E-state index contributed by atoms with van der Waals surface area (Å²) in [6.07, 6.45) is 2.99. The number of aliphatic hydroxyl groups is 1.